The lowest BCUT2D eigenvalue weighted by molar-refractivity contribution is -0.140. The second-order valence-electron chi connectivity index (χ2n) is 10.6. The molecule has 1 saturated carbocycles. The van der Waals surface area contributed by atoms with E-state index in [4.69, 9.17) is 0 Å². The largest absolute Gasteiger partial charge is 0.352 e. The maximum absolute atomic E-state index is 14.2. The van der Waals surface area contributed by atoms with Gasteiger partial charge in [0.15, 0.2) is 0 Å². The number of sulfonamides is 1. The van der Waals surface area contributed by atoms with Crippen molar-refractivity contribution >= 4 is 27.5 Å². The molecule has 7 nitrogen and oxygen atoms in total. The number of rotatable bonds is 11. The van der Waals surface area contributed by atoms with Crippen LogP contribution < -0.4 is 9.62 Å². The van der Waals surface area contributed by atoms with Crippen molar-refractivity contribution in [2.75, 3.05) is 10.8 Å². The predicted octanol–water partition coefficient (Wildman–Crippen LogP) is 5.50. The number of carbonyl (C=O) groups excluding carboxylic acids is 2. The van der Waals surface area contributed by atoms with E-state index in [9.17, 15) is 22.4 Å². The lowest BCUT2D eigenvalue weighted by Gasteiger charge is -2.34. The van der Waals surface area contributed by atoms with Gasteiger partial charge in [0.2, 0.25) is 11.8 Å². The molecule has 1 fully saturated rings. The van der Waals surface area contributed by atoms with Gasteiger partial charge in [0.25, 0.3) is 10.0 Å². The lowest BCUT2D eigenvalue weighted by Crippen LogP contribution is -2.53. The Morgan fingerprint density at radius 1 is 0.951 bits per heavy atom. The molecule has 0 spiro atoms. The molecule has 9 heteroatoms. The molecule has 2 amide bonds. The van der Waals surface area contributed by atoms with Crippen LogP contribution in [0.1, 0.15) is 55.7 Å². The highest BCUT2D eigenvalue weighted by Crippen LogP contribution is 2.29. The highest BCUT2D eigenvalue weighted by Gasteiger charge is 2.35. The number of hydrogen-bond donors (Lipinski definition) is 1. The Hall–Kier alpha value is -3.72. The Morgan fingerprint density at radius 3 is 2.24 bits per heavy atom. The van der Waals surface area contributed by atoms with Crippen molar-refractivity contribution in [3.8, 4) is 0 Å². The molecule has 1 aliphatic carbocycles. The number of hydrogen-bond acceptors (Lipinski definition) is 4. The molecule has 0 unspecified atom stereocenters. The van der Waals surface area contributed by atoms with Gasteiger partial charge in [-0.25, -0.2) is 12.8 Å². The Balaban J connectivity index is 1.73. The van der Waals surface area contributed by atoms with Gasteiger partial charge in [-0.2, -0.15) is 0 Å². The predicted molar refractivity (Wildman–Crippen MR) is 158 cm³/mol. The average molecular weight is 580 g/mol. The zero-order valence-corrected chi connectivity index (χ0v) is 24.7. The van der Waals surface area contributed by atoms with Crippen LogP contribution in [0.25, 0.3) is 0 Å². The minimum Gasteiger partial charge on any atom is -0.352 e. The van der Waals surface area contributed by atoms with Gasteiger partial charge in [-0.05, 0) is 80.1 Å². The summed E-state index contributed by atoms with van der Waals surface area (Å²) in [5.74, 6) is -1.20. The highest BCUT2D eigenvalue weighted by molar-refractivity contribution is 7.92. The second-order valence-corrected chi connectivity index (χ2v) is 12.5. The summed E-state index contributed by atoms with van der Waals surface area (Å²) in [6, 6.07) is 18.3. The number of aryl methyl sites for hydroxylation is 1. The van der Waals surface area contributed by atoms with Gasteiger partial charge in [0.05, 0.1) is 10.6 Å². The van der Waals surface area contributed by atoms with Crippen LogP contribution in [0.4, 0.5) is 10.1 Å². The molecule has 0 bridgehead atoms. The summed E-state index contributed by atoms with van der Waals surface area (Å²) in [4.78, 5) is 29.2. The molecule has 1 atom stereocenters. The first-order valence-corrected chi connectivity index (χ1v) is 15.5. The van der Waals surface area contributed by atoms with Gasteiger partial charge in [-0.1, -0.05) is 62.2 Å². The molecular formula is C32H38FN3O4S. The monoisotopic (exact) mass is 579 g/mol. The Bertz CT molecular complexity index is 1460. The molecule has 0 saturated heterocycles. The third-order valence-corrected chi connectivity index (χ3v) is 9.58. The van der Waals surface area contributed by atoms with Crippen LogP contribution in [0.5, 0.6) is 0 Å². The summed E-state index contributed by atoms with van der Waals surface area (Å²) < 4.78 is 42.8. The van der Waals surface area contributed by atoms with E-state index in [1.807, 2.05) is 26.8 Å². The first-order valence-electron chi connectivity index (χ1n) is 14.1. The number of nitrogens with zero attached hydrogens (tertiary/aromatic N) is 2. The smallest absolute Gasteiger partial charge is 0.264 e. The third kappa shape index (κ3) is 7.14. The number of nitrogens with one attached hydrogen (secondary N) is 1. The number of carbonyl (C=O) groups is 2. The topological polar surface area (TPSA) is 86.8 Å². The van der Waals surface area contributed by atoms with E-state index >= 15 is 0 Å². The van der Waals surface area contributed by atoms with E-state index < -0.39 is 34.3 Å². The molecule has 3 aromatic carbocycles. The molecular weight excluding hydrogens is 541 g/mol. The number of anilines is 1. The van der Waals surface area contributed by atoms with Gasteiger partial charge in [0.1, 0.15) is 18.4 Å². The van der Waals surface area contributed by atoms with Gasteiger partial charge in [-0.3, -0.25) is 13.9 Å². The van der Waals surface area contributed by atoms with Crippen molar-refractivity contribution in [3.63, 3.8) is 0 Å². The van der Waals surface area contributed by atoms with Crippen LogP contribution in [0.3, 0.4) is 0 Å². The van der Waals surface area contributed by atoms with Crippen LogP contribution in [0.2, 0.25) is 0 Å². The van der Waals surface area contributed by atoms with Crippen LogP contribution in [0.15, 0.2) is 77.7 Å². The van der Waals surface area contributed by atoms with E-state index in [0.29, 0.717) is 17.7 Å². The number of halogens is 1. The summed E-state index contributed by atoms with van der Waals surface area (Å²) in [6.45, 7) is 5.06. The van der Waals surface area contributed by atoms with Crippen LogP contribution in [-0.2, 0) is 26.2 Å². The van der Waals surface area contributed by atoms with Crippen molar-refractivity contribution in [2.45, 2.75) is 76.4 Å². The van der Waals surface area contributed by atoms with Crippen LogP contribution in [0, 0.1) is 19.7 Å². The number of benzene rings is 3. The molecule has 4 rings (SSSR count). The zero-order chi connectivity index (χ0) is 29.6. The summed E-state index contributed by atoms with van der Waals surface area (Å²) in [6.07, 6.45) is 4.21. The normalized spacial score (nSPS) is 14.4. The lowest BCUT2D eigenvalue weighted by atomic mass is 10.1. The summed E-state index contributed by atoms with van der Waals surface area (Å²) in [7, 11) is -4.14. The minimum atomic E-state index is -4.14. The first kappa shape index (κ1) is 30.2. The Kier molecular flexibility index (Phi) is 9.81. The SMILES string of the molecule is CC[C@@H](C(=O)NC1CCCC1)N(Cc1ccc(F)cc1)C(=O)CN(c1cccc(C)c1C)S(=O)(=O)c1ccccc1. The van der Waals surface area contributed by atoms with E-state index in [-0.39, 0.29) is 23.4 Å². The molecule has 1 aliphatic rings. The first-order chi connectivity index (χ1) is 19.6. The van der Waals surface area contributed by atoms with E-state index in [0.717, 1.165) is 41.1 Å². The van der Waals surface area contributed by atoms with Crippen molar-refractivity contribution in [1.29, 1.82) is 0 Å². The third-order valence-electron chi connectivity index (χ3n) is 7.81. The highest BCUT2D eigenvalue weighted by atomic mass is 32.2. The second kappa shape index (κ2) is 13.3. The fourth-order valence-corrected chi connectivity index (χ4v) is 6.81. The van der Waals surface area contributed by atoms with Crippen molar-refractivity contribution < 1.29 is 22.4 Å². The molecule has 41 heavy (non-hydrogen) atoms. The molecule has 3 aromatic rings. The van der Waals surface area contributed by atoms with E-state index in [2.05, 4.69) is 5.32 Å². The van der Waals surface area contributed by atoms with Crippen LogP contribution in [-0.4, -0.2) is 43.8 Å². The van der Waals surface area contributed by atoms with Crippen LogP contribution >= 0.6 is 0 Å². The maximum atomic E-state index is 14.2. The van der Waals surface area contributed by atoms with E-state index in [1.165, 1.54) is 29.2 Å². The molecule has 0 radical (unpaired) electrons. The average Bonchev–Trinajstić information content (AvgIpc) is 3.47. The van der Waals surface area contributed by atoms with Crippen molar-refractivity contribution in [1.82, 2.24) is 10.2 Å². The number of amides is 2. The summed E-state index contributed by atoms with van der Waals surface area (Å²) >= 11 is 0. The summed E-state index contributed by atoms with van der Waals surface area (Å²) in [5.41, 5.74) is 2.65. The summed E-state index contributed by atoms with van der Waals surface area (Å²) in [5, 5.41) is 3.09. The van der Waals surface area contributed by atoms with Gasteiger partial charge in [-0.15, -0.1) is 0 Å². The van der Waals surface area contributed by atoms with Gasteiger partial charge < -0.3 is 10.2 Å². The van der Waals surface area contributed by atoms with Crippen molar-refractivity contribution in [3.05, 3.63) is 95.3 Å². The Labute approximate surface area is 242 Å². The van der Waals surface area contributed by atoms with Gasteiger partial charge >= 0.3 is 0 Å². The maximum Gasteiger partial charge on any atom is 0.264 e. The zero-order valence-electron chi connectivity index (χ0n) is 23.8. The van der Waals surface area contributed by atoms with Crippen molar-refractivity contribution in [2.24, 2.45) is 0 Å². The molecule has 0 heterocycles. The van der Waals surface area contributed by atoms with Gasteiger partial charge in [0, 0.05) is 12.6 Å². The fourth-order valence-electron chi connectivity index (χ4n) is 5.31. The fraction of sp³-hybridized carbons (Fsp3) is 0.375. The molecule has 218 valence electrons. The quantitative estimate of drug-likeness (QED) is 0.325. The molecule has 0 aromatic heterocycles. The molecule has 1 N–H and O–H groups in total. The van der Waals surface area contributed by atoms with E-state index in [1.54, 1.807) is 42.5 Å². The Morgan fingerprint density at radius 2 is 1.61 bits per heavy atom. The minimum absolute atomic E-state index is 0.0295. The standard InChI is InChI=1S/C32H38FN3O4S/c1-4-29(32(38)34-27-12-8-9-13-27)35(21-25-17-19-26(33)20-18-25)31(37)22-36(30-16-10-11-23(2)24(30)3)41(39,40)28-14-6-5-7-15-28/h5-7,10-11,14-20,27,29H,4,8-9,12-13,21-22H2,1-3H3,(H,34,38)/t29-/m0/s1. The molecule has 0 aliphatic heterocycles.